The van der Waals surface area contributed by atoms with Crippen LogP contribution in [0.25, 0.3) is 0 Å². The van der Waals surface area contributed by atoms with Crippen molar-refractivity contribution in [2.45, 2.75) is 52.4 Å². The third kappa shape index (κ3) is 4.19. The molecule has 1 aliphatic heterocycles. The first-order valence-corrected chi connectivity index (χ1v) is 8.79. The van der Waals surface area contributed by atoms with Gasteiger partial charge in [0.05, 0.1) is 5.41 Å². The predicted octanol–water partition coefficient (Wildman–Crippen LogP) is 2.09. The molecule has 1 heterocycles. The lowest BCUT2D eigenvalue weighted by molar-refractivity contribution is -0.145. The highest BCUT2D eigenvalue weighted by molar-refractivity contribution is 5.83. The maximum Gasteiger partial charge on any atom is 0.230 e. The van der Waals surface area contributed by atoms with Crippen LogP contribution in [0.3, 0.4) is 0 Å². The van der Waals surface area contributed by atoms with E-state index in [0.717, 1.165) is 57.8 Å². The van der Waals surface area contributed by atoms with Gasteiger partial charge in [-0.3, -0.25) is 9.69 Å². The highest BCUT2D eigenvalue weighted by Gasteiger charge is 2.41. The van der Waals surface area contributed by atoms with Crippen molar-refractivity contribution in [2.75, 3.05) is 39.3 Å². The molecule has 2 N–H and O–H groups in total. The Morgan fingerprint density at radius 1 is 1.10 bits per heavy atom. The molecule has 1 saturated heterocycles. The number of hydrogen-bond acceptors (Lipinski definition) is 3. The predicted molar refractivity (Wildman–Crippen MR) is 87.0 cm³/mol. The summed E-state index contributed by atoms with van der Waals surface area (Å²) >= 11 is 0. The molecule has 1 aliphatic carbocycles. The normalized spacial score (nSPS) is 23.5. The van der Waals surface area contributed by atoms with Crippen LogP contribution in [0.1, 0.15) is 52.4 Å². The third-order valence-electron chi connectivity index (χ3n) is 5.34. The standard InChI is InChI=1S/C17H33N3O/c1-15(2)6-9-19-10-12-20(13-11-19)16(21)17(14-18)7-4-3-5-8-17/h15H,3-14,18H2,1-2H3. The molecule has 0 radical (unpaired) electrons. The fraction of sp³-hybridized carbons (Fsp3) is 0.941. The SMILES string of the molecule is CC(C)CCN1CCN(C(=O)C2(CN)CCCCC2)CC1. The first-order valence-electron chi connectivity index (χ1n) is 8.79. The van der Waals surface area contributed by atoms with Crippen molar-refractivity contribution in [3.63, 3.8) is 0 Å². The lowest BCUT2D eigenvalue weighted by atomic mass is 9.73. The first-order chi connectivity index (χ1) is 10.1. The van der Waals surface area contributed by atoms with Crippen molar-refractivity contribution in [3.05, 3.63) is 0 Å². The lowest BCUT2D eigenvalue weighted by Crippen LogP contribution is -2.55. The van der Waals surface area contributed by atoms with E-state index in [1.54, 1.807) is 0 Å². The van der Waals surface area contributed by atoms with Crippen LogP contribution in [0, 0.1) is 11.3 Å². The molecule has 1 saturated carbocycles. The third-order valence-corrected chi connectivity index (χ3v) is 5.34. The maximum absolute atomic E-state index is 12.9. The van der Waals surface area contributed by atoms with E-state index in [4.69, 9.17) is 5.73 Å². The molecule has 0 atom stereocenters. The molecule has 0 aromatic heterocycles. The van der Waals surface area contributed by atoms with Gasteiger partial charge in [-0.15, -0.1) is 0 Å². The number of carbonyl (C=O) groups excluding carboxylic acids is 1. The largest absolute Gasteiger partial charge is 0.340 e. The molecule has 0 spiro atoms. The number of rotatable bonds is 5. The van der Waals surface area contributed by atoms with Gasteiger partial charge >= 0.3 is 0 Å². The summed E-state index contributed by atoms with van der Waals surface area (Å²) < 4.78 is 0. The first kappa shape index (κ1) is 16.8. The second-order valence-corrected chi connectivity index (χ2v) is 7.36. The minimum atomic E-state index is -0.238. The van der Waals surface area contributed by atoms with Crippen molar-refractivity contribution in [1.29, 1.82) is 0 Å². The minimum Gasteiger partial charge on any atom is -0.340 e. The second kappa shape index (κ2) is 7.59. The zero-order chi connectivity index (χ0) is 15.3. The van der Waals surface area contributed by atoms with E-state index < -0.39 is 0 Å². The van der Waals surface area contributed by atoms with Crippen LogP contribution in [0.5, 0.6) is 0 Å². The lowest BCUT2D eigenvalue weighted by Gasteiger charge is -2.42. The van der Waals surface area contributed by atoms with Crippen LogP contribution < -0.4 is 5.73 Å². The van der Waals surface area contributed by atoms with E-state index in [9.17, 15) is 4.79 Å². The summed E-state index contributed by atoms with van der Waals surface area (Å²) in [5.41, 5.74) is 5.76. The molecule has 122 valence electrons. The van der Waals surface area contributed by atoms with Gasteiger partial charge in [0.2, 0.25) is 5.91 Å². The van der Waals surface area contributed by atoms with Crippen LogP contribution in [-0.4, -0.2) is 55.0 Å². The van der Waals surface area contributed by atoms with E-state index in [0.29, 0.717) is 12.5 Å². The quantitative estimate of drug-likeness (QED) is 0.845. The van der Waals surface area contributed by atoms with Crippen molar-refractivity contribution in [3.8, 4) is 0 Å². The zero-order valence-electron chi connectivity index (χ0n) is 13.9. The van der Waals surface area contributed by atoms with E-state index in [-0.39, 0.29) is 5.41 Å². The number of piperazine rings is 1. The summed E-state index contributed by atoms with van der Waals surface area (Å²) in [6.07, 6.45) is 6.83. The molecule has 1 amide bonds. The van der Waals surface area contributed by atoms with Gasteiger partial charge in [0.15, 0.2) is 0 Å². The van der Waals surface area contributed by atoms with Gasteiger partial charge in [0.25, 0.3) is 0 Å². The van der Waals surface area contributed by atoms with E-state index in [2.05, 4.69) is 23.6 Å². The van der Waals surface area contributed by atoms with Crippen LogP contribution in [0.2, 0.25) is 0 Å². The number of carbonyl (C=O) groups is 1. The fourth-order valence-electron chi connectivity index (χ4n) is 3.68. The zero-order valence-corrected chi connectivity index (χ0v) is 13.9. The van der Waals surface area contributed by atoms with Crippen molar-refractivity contribution < 1.29 is 4.79 Å². The highest BCUT2D eigenvalue weighted by Crippen LogP contribution is 2.37. The topological polar surface area (TPSA) is 49.6 Å². The van der Waals surface area contributed by atoms with Gasteiger partial charge in [0, 0.05) is 32.7 Å². The van der Waals surface area contributed by atoms with Crippen LogP contribution >= 0.6 is 0 Å². The molecule has 0 aromatic carbocycles. The Kier molecular flexibility index (Phi) is 6.06. The fourth-order valence-corrected chi connectivity index (χ4v) is 3.68. The molecule has 0 aromatic rings. The average Bonchev–Trinajstić information content (AvgIpc) is 2.53. The molecule has 2 aliphatic rings. The van der Waals surface area contributed by atoms with Gasteiger partial charge in [0.1, 0.15) is 0 Å². The second-order valence-electron chi connectivity index (χ2n) is 7.36. The molecule has 0 unspecified atom stereocenters. The monoisotopic (exact) mass is 295 g/mol. The van der Waals surface area contributed by atoms with Crippen molar-refractivity contribution in [1.82, 2.24) is 9.80 Å². The van der Waals surface area contributed by atoms with E-state index in [1.165, 1.54) is 19.4 Å². The van der Waals surface area contributed by atoms with Gasteiger partial charge in [-0.05, 0) is 31.7 Å². The Morgan fingerprint density at radius 2 is 1.71 bits per heavy atom. The average molecular weight is 295 g/mol. The van der Waals surface area contributed by atoms with E-state index >= 15 is 0 Å². The van der Waals surface area contributed by atoms with Crippen LogP contribution in [-0.2, 0) is 4.79 Å². The van der Waals surface area contributed by atoms with Gasteiger partial charge < -0.3 is 10.6 Å². The number of amides is 1. The van der Waals surface area contributed by atoms with Gasteiger partial charge in [-0.2, -0.15) is 0 Å². The van der Waals surface area contributed by atoms with Crippen molar-refractivity contribution in [2.24, 2.45) is 17.1 Å². The molecular weight excluding hydrogens is 262 g/mol. The summed E-state index contributed by atoms with van der Waals surface area (Å²) in [6.45, 7) is 10.1. The Hall–Kier alpha value is -0.610. The van der Waals surface area contributed by atoms with Gasteiger partial charge in [-0.25, -0.2) is 0 Å². The Morgan fingerprint density at radius 3 is 2.24 bits per heavy atom. The Balaban J connectivity index is 1.84. The summed E-state index contributed by atoms with van der Waals surface area (Å²) in [4.78, 5) is 17.5. The summed E-state index contributed by atoms with van der Waals surface area (Å²) in [5, 5.41) is 0. The number of hydrogen-bond donors (Lipinski definition) is 1. The molecule has 21 heavy (non-hydrogen) atoms. The summed E-state index contributed by atoms with van der Waals surface area (Å²) in [6, 6.07) is 0. The molecule has 2 fully saturated rings. The molecule has 4 nitrogen and oxygen atoms in total. The Bertz CT molecular complexity index is 329. The number of nitrogens with zero attached hydrogens (tertiary/aromatic N) is 2. The molecular formula is C17H33N3O. The molecule has 2 rings (SSSR count). The smallest absolute Gasteiger partial charge is 0.230 e. The van der Waals surface area contributed by atoms with Gasteiger partial charge in [-0.1, -0.05) is 33.1 Å². The highest BCUT2D eigenvalue weighted by atomic mass is 16.2. The maximum atomic E-state index is 12.9. The van der Waals surface area contributed by atoms with E-state index in [1.807, 2.05) is 0 Å². The molecule has 4 heteroatoms. The summed E-state index contributed by atoms with van der Waals surface area (Å²) in [7, 11) is 0. The van der Waals surface area contributed by atoms with Crippen molar-refractivity contribution >= 4 is 5.91 Å². The van der Waals surface area contributed by atoms with Crippen LogP contribution in [0.15, 0.2) is 0 Å². The summed E-state index contributed by atoms with van der Waals surface area (Å²) in [5.74, 6) is 1.10. The Labute approximate surface area is 130 Å². The minimum absolute atomic E-state index is 0.238. The number of nitrogens with two attached hydrogens (primary N) is 1. The molecule has 0 bridgehead atoms. The van der Waals surface area contributed by atoms with Crippen LogP contribution in [0.4, 0.5) is 0 Å².